The summed E-state index contributed by atoms with van der Waals surface area (Å²) >= 11 is 6.56. The summed E-state index contributed by atoms with van der Waals surface area (Å²) in [6, 6.07) is 4.96. The fraction of sp³-hybridized carbons (Fsp3) is 0.462. The Morgan fingerprint density at radius 1 is 1.19 bits per heavy atom. The van der Waals surface area contributed by atoms with Crippen molar-refractivity contribution in [1.82, 2.24) is 9.21 Å². The molecule has 1 saturated heterocycles. The summed E-state index contributed by atoms with van der Waals surface area (Å²) in [7, 11) is -2.09. The van der Waals surface area contributed by atoms with Crippen molar-refractivity contribution >= 4 is 47.8 Å². The largest absolute Gasteiger partial charge is 0.343 e. The molecule has 0 bridgehead atoms. The number of likely N-dealkylation sites (N-methyl/N-ethyl adjacent to an activating group) is 1. The Labute approximate surface area is 141 Å². The van der Waals surface area contributed by atoms with Crippen LogP contribution in [0, 0.1) is 0 Å². The first-order valence-electron chi connectivity index (χ1n) is 6.32. The highest BCUT2D eigenvalue weighted by Gasteiger charge is 2.47. The summed E-state index contributed by atoms with van der Waals surface area (Å²) in [4.78, 5) is 14.0. The second-order valence-electron chi connectivity index (χ2n) is 5.44. The molecule has 1 aromatic rings. The van der Waals surface area contributed by atoms with E-state index in [1.165, 1.54) is 10.4 Å². The molecule has 116 valence electrons. The number of sulfonamides is 1. The Hall–Kier alpha value is -0.440. The number of benzene rings is 1. The molecule has 0 radical (unpaired) electrons. The van der Waals surface area contributed by atoms with Crippen molar-refractivity contribution in [2.75, 3.05) is 20.1 Å². The van der Waals surface area contributed by atoms with E-state index in [4.69, 9.17) is 0 Å². The van der Waals surface area contributed by atoms with Crippen molar-refractivity contribution in [2.24, 2.45) is 0 Å². The minimum atomic E-state index is -3.77. The Balaban J connectivity index is 2.54. The predicted molar refractivity (Wildman–Crippen MR) is 87.4 cm³/mol. The van der Waals surface area contributed by atoms with E-state index >= 15 is 0 Å². The highest BCUT2D eigenvalue weighted by atomic mass is 79.9. The molecule has 0 aliphatic carbocycles. The molecular formula is C13H16Br2N2O3S. The summed E-state index contributed by atoms with van der Waals surface area (Å²) in [5.74, 6) is -0.205. The molecule has 1 amide bonds. The molecule has 1 aliphatic rings. The quantitative estimate of drug-likeness (QED) is 0.711. The number of rotatable bonds is 2. The Morgan fingerprint density at radius 3 is 2.43 bits per heavy atom. The first kappa shape index (κ1) is 16.9. The third-order valence-electron chi connectivity index (χ3n) is 3.59. The van der Waals surface area contributed by atoms with Gasteiger partial charge >= 0.3 is 0 Å². The number of carbonyl (C=O) groups is 1. The van der Waals surface area contributed by atoms with Crippen LogP contribution in [0.25, 0.3) is 0 Å². The summed E-state index contributed by atoms with van der Waals surface area (Å²) in [5.41, 5.74) is -1.10. The van der Waals surface area contributed by atoms with Gasteiger partial charge in [0, 0.05) is 29.1 Å². The van der Waals surface area contributed by atoms with Gasteiger partial charge in [-0.15, -0.1) is 0 Å². The van der Waals surface area contributed by atoms with Gasteiger partial charge in [-0.1, -0.05) is 15.9 Å². The van der Waals surface area contributed by atoms with Crippen LogP contribution in [0.1, 0.15) is 13.8 Å². The molecule has 1 aromatic carbocycles. The van der Waals surface area contributed by atoms with Crippen LogP contribution >= 0.6 is 31.9 Å². The molecule has 0 saturated carbocycles. The molecule has 5 nitrogen and oxygen atoms in total. The lowest BCUT2D eigenvalue weighted by Crippen LogP contribution is -2.63. The molecule has 0 unspecified atom stereocenters. The van der Waals surface area contributed by atoms with Crippen molar-refractivity contribution in [3.8, 4) is 0 Å². The molecule has 0 aromatic heterocycles. The van der Waals surface area contributed by atoms with Crippen LogP contribution in [0.3, 0.4) is 0 Å². The van der Waals surface area contributed by atoms with Crippen LogP contribution in [0.15, 0.2) is 32.0 Å². The fourth-order valence-corrected chi connectivity index (χ4v) is 5.61. The minimum Gasteiger partial charge on any atom is -0.343 e. The van der Waals surface area contributed by atoms with E-state index in [9.17, 15) is 13.2 Å². The van der Waals surface area contributed by atoms with Crippen LogP contribution in [0.4, 0.5) is 0 Å². The summed E-state index contributed by atoms with van der Waals surface area (Å²) in [6.45, 7) is 3.92. The number of carbonyl (C=O) groups excluding carboxylic acids is 1. The van der Waals surface area contributed by atoms with Gasteiger partial charge < -0.3 is 4.90 Å². The van der Waals surface area contributed by atoms with Crippen molar-refractivity contribution < 1.29 is 13.2 Å². The van der Waals surface area contributed by atoms with Gasteiger partial charge in [-0.25, -0.2) is 8.42 Å². The third kappa shape index (κ3) is 2.91. The standard InChI is InChI=1S/C13H16Br2N2O3S/c1-13(2)12(18)16(3)6-7-17(13)21(19,20)11-8-9(14)4-5-10(11)15/h4-5,8H,6-7H2,1-3H3. The van der Waals surface area contributed by atoms with Gasteiger partial charge in [0.2, 0.25) is 15.9 Å². The number of halogens is 2. The van der Waals surface area contributed by atoms with Gasteiger partial charge in [-0.05, 0) is 48.0 Å². The highest BCUT2D eigenvalue weighted by Crippen LogP contribution is 2.33. The fourth-order valence-electron chi connectivity index (χ4n) is 2.41. The third-order valence-corrected chi connectivity index (χ3v) is 7.15. The Kier molecular flexibility index (Phi) is 4.55. The maximum atomic E-state index is 12.9. The van der Waals surface area contributed by atoms with E-state index in [-0.39, 0.29) is 17.3 Å². The molecule has 21 heavy (non-hydrogen) atoms. The first-order valence-corrected chi connectivity index (χ1v) is 9.34. The monoisotopic (exact) mass is 438 g/mol. The number of amides is 1. The van der Waals surface area contributed by atoms with Gasteiger partial charge in [0.15, 0.2) is 0 Å². The van der Waals surface area contributed by atoms with Gasteiger partial charge in [-0.3, -0.25) is 4.79 Å². The topological polar surface area (TPSA) is 57.7 Å². The summed E-state index contributed by atoms with van der Waals surface area (Å²) in [5, 5.41) is 0. The SMILES string of the molecule is CN1CCN(S(=O)(=O)c2cc(Br)ccc2Br)C(C)(C)C1=O. The maximum absolute atomic E-state index is 12.9. The zero-order valence-corrected chi connectivity index (χ0v) is 15.9. The molecular weight excluding hydrogens is 424 g/mol. The van der Waals surface area contributed by atoms with Crippen molar-refractivity contribution in [1.29, 1.82) is 0 Å². The zero-order valence-electron chi connectivity index (χ0n) is 11.9. The average Bonchev–Trinajstić information content (AvgIpc) is 2.38. The lowest BCUT2D eigenvalue weighted by molar-refractivity contribution is -0.142. The Morgan fingerprint density at radius 2 is 1.81 bits per heavy atom. The van der Waals surface area contributed by atoms with Gasteiger partial charge in [0.1, 0.15) is 5.54 Å². The average molecular weight is 440 g/mol. The molecule has 8 heteroatoms. The maximum Gasteiger partial charge on any atom is 0.245 e. The number of nitrogens with zero attached hydrogens (tertiary/aromatic N) is 2. The van der Waals surface area contributed by atoms with Crippen molar-refractivity contribution in [3.63, 3.8) is 0 Å². The lowest BCUT2D eigenvalue weighted by atomic mass is 10.0. The van der Waals surface area contributed by atoms with E-state index in [1.807, 2.05) is 0 Å². The van der Waals surface area contributed by atoms with Gasteiger partial charge in [-0.2, -0.15) is 4.31 Å². The van der Waals surface area contributed by atoms with Gasteiger partial charge in [0.25, 0.3) is 0 Å². The summed E-state index contributed by atoms with van der Waals surface area (Å²) in [6.07, 6.45) is 0. The second-order valence-corrected chi connectivity index (χ2v) is 9.04. The lowest BCUT2D eigenvalue weighted by Gasteiger charge is -2.43. The van der Waals surface area contributed by atoms with E-state index < -0.39 is 15.6 Å². The normalized spacial score (nSPS) is 19.9. The minimum absolute atomic E-state index is 0.155. The number of hydrogen-bond acceptors (Lipinski definition) is 3. The van der Waals surface area contributed by atoms with E-state index in [1.54, 1.807) is 37.9 Å². The number of hydrogen-bond donors (Lipinski definition) is 0. The van der Waals surface area contributed by atoms with E-state index in [0.717, 1.165) is 0 Å². The molecule has 1 heterocycles. The summed E-state index contributed by atoms with van der Waals surface area (Å²) < 4.78 is 28.3. The second kappa shape index (κ2) is 5.64. The van der Waals surface area contributed by atoms with Crippen LogP contribution in [0.5, 0.6) is 0 Å². The van der Waals surface area contributed by atoms with Gasteiger partial charge in [0.05, 0.1) is 4.90 Å². The molecule has 0 N–H and O–H groups in total. The van der Waals surface area contributed by atoms with Crippen molar-refractivity contribution in [2.45, 2.75) is 24.3 Å². The van der Waals surface area contributed by atoms with Crippen LogP contribution in [-0.4, -0.2) is 49.2 Å². The predicted octanol–water partition coefficient (Wildman–Crippen LogP) is 2.45. The number of piperazine rings is 1. The molecule has 0 spiro atoms. The van der Waals surface area contributed by atoms with E-state index in [0.29, 0.717) is 15.5 Å². The molecule has 2 rings (SSSR count). The van der Waals surface area contributed by atoms with Crippen molar-refractivity contribution in [3.05, 3.63) is 27.1 Å². The smallest absolute Gasteiger partial charge is 0.245 e. The van der Waals surface area contributed by atoms with Crippen LogP contribution in [-0.2, 0) is 14.8 Å². The highest BCUT2D eigenvalue weighted by molar-refractivity contribution is 9.11. The first-order chi connectivity index (χ1) is 9.58. The molecule has 1 aliphatic heterocycles. The van der Waals surface area contributed by atoms with E-state index in [2.05, 4.69) is 31.9 Å². The van der Waals surface area contributed by atoms with Crippen LogP contribution < -0.4 is 0 Å². The molecule has 0 atom stereocenters. The molecule has 1 fully saturated rings. The Bertz CT molecular complexity index is 689. The van der Waals surface area contributed by atoms with Crippen LogP contribution in [0.2, 0.25) is 0 Å². The zero-order chi connectivity index (χ0) is 16.0.